The zero-order chi connectivity index (χ0) is 20.1. The van der Waals surface area contributed by atoms with E-state index in [1.807, 2.05) is 6.07 Å². The van der Waals surface area contributed by atoms with Gasteiger partial charge in [0.2, 0.25) is 0 Å². The Hall–Kier alpha value is -2.69. The smallest absolute Gasteiger partial charge is 0.185 e. The predicted molar refractivity (Wildman–Crippen MR) is 124 cm³/mol. The summed E-state index contributed by atoms with van der Waals surface area (Å²) in [5.41, 5.74) is 8.14. The van der Waals surface area contributed by atoms with Crippen molar-refractivity contribution in [1.82, 2.24) is 15.8 Å². The molecule has 0 saturated carbocycles. The van der Waals surface area contributed by atoms with Gasteiger partial charge in [-0.15, -0.1) is 0 Å². The molecule has 2 N–H and O–H groups in total. The Bertz CT molecular complexity index is 941. The van der Waals surface area contributed by atoms with E-state index >= 15 is 0 Å². The van der Waals surface area contributed by atoms with E-state index in [1.54, 1.807) is 0 Å². The zero-order valence-electron chi connectivity index (χ0n) is 16.8. The van der Waals surface area contributed by atoms with Gasteiger partial charge in [0.05, 0.1) is 0 Å². The van der Waals surface area contributed by atoms with Crippen LogP contribution in [-0.2, 0) is 12.1 Å². The van der Waals surface area contributed by atoms with Crippen LogP contribution in [0.1, 0.15) is 30.9 Å². The largest absolute Gasteiger partial charge is 0.338 e. The van der Waals surface area contributed by atoms with Gasteiger partial charge >= 0.3 is 0 Å². The maximum absolute atomic E-state index is 5.67. The van der Waals surface area contributed by atoms with E-state index < -0.39 is 5.66 Å². The van der Waals surface area contributed by atoms with E-state index in [0.29, 0.717) is 0 Å². The van der Waals surface area contributed by atoms with Crippen molar-refractivity contribution in [3.8, 4) is 11.1 Å². The molecule has 0 aliphatic carbocycles. The molecule has 0 amide bonds. The molecule has 0 radical (unpaired) electrons. The molecule has 1 aliphatic heterocycles. The quantitative estimate of drug-likeness (QED) is 0.529. The highest BCUT2D eigenvalue weighted by molar-refractivity contribution is 7.80. The molecule has 1 aliphatic rings. The van der Waals surface area contributed by atoms with E-state index in [-0.39, 0.29) is 0 Å². The van der Waals surface area contributed by atoms with Crippen LogP contribution in [0.4, 0.5) is 0 Å². The zero-order valence-corrected chi connectivity index (χ0v) is 17.6. The van der Waals surface area contributed by atoms with Gasteiger partial charge in [0.25, 0.3) is 0 Å². The molecule has 1 fully saturated rings. The van der Waals surface area contributed by atoms with Crippen molar-refractivity contribution >= 4 is 17.3 Å². The van der Waals surface area contributed by atoms with Gasteiger partial charge in [-0.05, 0) is 40.9 Å². The summed E-state index contributed by atoms with van der Waals surface area (Å²) in [6, 6.07) is 29.8. The molecule has 1 atom stereocenters. The SMILES string of the molecule is CCCCN1N[C@@](Cc2ccccc2)(c2ccc(-c3ccccc3)cc2)NC1=S. The first-order chi connectivity index (χ1) is 14.2. The van der Waals surface area contributed by atoms with Crippen LogP contribution < -0.4 is 10.7 Å². The second-order valence-electron chi connectivity index (χ2n) is 7.56. The minimum atomic E-state index is -0.443. The van der Waals surface area contributed by atoms with Gasteiger partial charge in [0.1, 0.15) is 5.66 Å². The molecule has 3 nitrogen and oxygen atoms in total. The van der Waals surface area contributed by atoms with Crippen molar-refractivity contribution in [3.63, 3.8) is 0 Å². The number of rotatable bonds is 7. The molecule has 0 bridgehead atoms. The van der Waals surface area contributed by atoms with Crippen molar-refractivity contribution < 1.29 is 0 Å². The van der Waals surface area contributed by atoms with Crippen molar-refractivity contribution in [2.45, 2.75) is 31.8 Å². The van der Waals surface area contributed by atoms with Gasteiger partial charge in [-0.1, -0.05) is 98.3 Å². The minimum absolute atomic E-state index is 0.443. The number of thiocarbonyl (C=S) groups is 1. The number of hydrogen-bond acceptors (Lipinski definition) is 2. The Kier molecular flexibility index (Phi) is 5.93. The third-order valence-electron chi connectivity index (χ3n) is 5.42. The Morgan fingerprint density at radius 3 is 2.10 bits per heavy atom. The van der Waals surface area contributed by atoms with Gasteiger partial charge in [-0.3, -0.25) is 5.01 Å². The average molecular weight is 402 g/mol. The lowest BCUT2D eigenvalue weighted by molar-refractivity contribution is 0.214. The molecule has 0 aromatic heterocycles. The van der Waals surface area contributed by atoms with E-state index in [4.69, 9.17) is 12.2 Å². The predicted octanol–water partition coefficient (Wildman–Crippen LogP) is 5.24. The van der Waals surface area contributed by atoms with Gasteiger partial charge in [0, 0.05) is 13.0 Å². The molecular weight excluding hydrogens is 374 g/mol. The number of hydrazine groups is 1. The molecule has 0 unspecified atom stereocenters. The van der Waals surface area contributed by atoms with Gasteiger partial charge in [-0.25, -0.2) is 5.43 Å². The van der Waals surface area contributed by atoms with E-state index in [0.717, 1.165) is 30.9 Å². The molecule has 4 rings (SSSR count). The van der Waals surface area contributed by atoms with Crippen LogP contribution in [0.2, 0.25) is 0 Å². The summed E-state index contributed by atoms with van der Waals surface area (Å²) in [6.07, 6.45) is 3.04. The molecule has 3 aromatic carbocycles. The van der Waals surface area contributed by atoms with Crippen LogP contribution >= 0.6 is 12.2 Å². The van der Waals surface area contributed by atoms with Gasteiger partial charge in [-0.2, -0.15) is 0 Å². The van der Waals surface area contributed by atoms with Crippen LogP contribution in [0.5, 0.6) is 0 Å². The van der Waals surface area contributed by atoms with Gasteiger partial charge < -0.3 is 5.32 Å². The second kappa shape index (κ2) is 8.76. The Morgan fingerprint density at radius 2 is 1.45 bits per heavy atom. The standard InChI is InChI=1S/C25H27N3S/c1-2-3-18-28-24(29)26-25(27-28,19-20-10-6-4-7-11-20)23-16-14-22(15-17-23)21-12-8-5-9-13-21/h4-17,27H,2-3,18-19H2,1H3,(H,26,29)/t25-/m0/s1. The van der Waals surface area contributed by atoms with Crippen LogP contribution in [0.3, 0.4) is 0 Å². The number of nitrogens with one attached hydrogen (secondary N) is 2. The summed E-state index contributed by atoms with van der Waals surface area (Å²) in [4.78, 5) is 0. The van der Waals surface area contributed by atoms with E-state index in [2.05, 4.69) is 102 Å². The van der Waals surface area contributed by atoms with Crippen LogP contribution in [0, 0.1) is 0 Å². The fraction of sp³-hybridized carbons (Fsp3) is 0.240. The molecule has 29 heavy (non-hydrogen) atoms. The molecule has 3 aromatic rings. The van der Waals surface area contributed by atoms with Crippen molar-refractivity contribution in [2.24, 2.45) is 0 Å². The summed E-state index contributed by atoms with van der Waals surface area (Å²) in [5, 5.41) is 6.45. The lowest BCUT2D eigenvalue weighted by Gasteiger charge is -2.31. The number of benzene rings is 3. The normalized spacial score (nSPS) is 18.7. The highest BCUT2D eigenvalue weighted by atomic mass is 32.1. The minimum Gasteiger partial charge on any atom is -0.338 e. The van der Waals surface area contributed by atoms with E-state index in [1.165, 1.54) is 22.3 Å². The van der Waals surface area contributed by atoms with Crippen LogP contribution in [-0.4, -0.2) is 16.7 Å². The second-order valence-corrected chi connectivity index (χ2v) is 7.94. The Balaban J connectivity index is 1.66. The summed E-state index contributed by atoms with van der Waals surface area (Å²) < 4.78 is 0. The monoisotopic (exact) mass is 401 g/mol. The number of unbranched alkanes of at least 4 members (excludes halogenated alkanes) is 1. The molecular formula is C25H27N3S. The fourth-order valence-electron chi connectivity index (χ4n) is 3.84. The maximum Gasteiger partial charge on any atom is 0.185 e. The topological polar surface area (TPSA) is 27.3 Å². The van der Waals surface area contributed by atoms with Crippen molar-refractivity contribution in [2.75, 3.05) is 6.54 Å². The Labute approximate surface area is 178 Å². The summed E-state index contributed by atoms with van der Waals surface area (Å²) in [6.45, 7) is 3.10. The first-order valence-corrected chi connectivity index (χ1v) is 10.7. The molecule has 148 valence electrons. The molecule has 1 heterocycles. The Morgan fingerprint density at radius 1 is 0.828 bits per heavy atom. The summed E-state index contributed by atoms with van der Waals surface area (Å²) >= 11 is 5.67. The molecule has 4 heteroatoms. The lowest BCUT2D eigenvalue weighted by Crippen LogP contribution is -2.50. The summed E-state index contributed by atoms with van der Waals surface area (Å²) in [7, 11) is 0. The molecule has 0 spiro atoms. The van der Waals surface area contributed by atoms with Crippen LogP contribution in [0.15, 0.2) is 84.9 Å². The molecule has 1 saturated heterocycles. The first-order valence-electron chi connectivity index (χ1n) is 10.3. The third kappa shape index (κ3) is 4.34. The van der Waals surface area contributed by atoms with Gasteiger partial charge in [0.15, 0.2) is 5.11 Å². The summed E-state index contributed by atoms with van der Waals surface area (Å²) in [5.74, 6) is 0. The maximum atomic E-state index is 5.67. The number of hydrogen-bond donors (Lipinski definition) is 2. The fourth-order valence-corrected chi connectivity index (χ4v) is 4.15. The first kappa shape index (κ1) is 19.6. The van der Waals surface area contributed by atoms with E-state index in [9.17, 15) is 0 Å². The highest BCUT2D eigenvalue weighted by Gasteiger charge is 2.41. The lowest BCUT2D eigenvalue weighted by atomic mass is 9.91. The average Bonchev–Trinajstić information content (AvgIpc) is 3.09. The van der Waals surface area contributed by atoms with Crippen molar-refractivity contribution in [3.05, 3.63) is 96.1 Å². The third-order valence-corrected chi connectivity index (χ3v) is 5.75. The highest BCUT2D eigenvalue weighted by Crippen LogP contribution is 2.30. The number of nitrogens with zero attached hydrogens (tertiary/aromatic N) is 1. The van der Waals surface area contributed by atoms with Crippen LogP contribution in [0.25, 0.3) is 11.1 Å². The van der Waals surface area contributed by atoms with Crippen molar-refractivity contribution in [1.29, 1.82) is 0 Å².